The lowest BCUT2D eigenvalue weighted by atomic mass is 9.83. The second kappa shape index (κ2) is 15.6. The van der Waals surface area contributed by atoms with E-state index >= 15 is 0 Å². The summed E-state index contributed by atoms with van der Waals surface area (Å²) in [5, 5.41) is 3.58. The summed E-state index contributed by atoms with van der Waals surface area (Å²) in [6.07, 6.45) is 11.2. The van der Waals surface area contributed by atoms with E-state index in [1.165, 1.54) is 40.7 Å². The number of Topliss-reactive ketones (excluding diaryl/α,β-unsaturated/α-hetero) is 1. The summed E-state index contributed by atoms with van der Waals surface area (Å²) >= 11 is 3.28. The van der Waals surface area contributed by atoms with Crippen molar-refractivity contribution >= 4 is 51.5 Å². The highest BCUT2D eigenvalue weighted by molar-refractivity contribution is 8.06. The van der Waals surface area contributed by atoms with Gasteiger partial charge in [0.2, 0.25) is 0 Å². The maximum absolute atomic E-state index is 12.9. The molecule has 45 heavy (non-hydrogen) atoms. The number of aromatic nitrogens is 1. The average molecular weight is 643 g/mol. The molecular weight excluding hydrogens is 593 g/mol. The molecule has 0 saturated heterocycles. The molecule has 0 atom stereocenters. The van der Waals surface area contributed by atoms with Gasteiger partial charge in [-0.2, -0.15) is 0 Å². The number of ketones is 1. The quantitative estimate of drug-likeness (QED) is 0.140. The van der Waals surface area contributed by atoms with Crippen LogP contribution in [0.1, 0.15) is 111 Å². The summed E-state index contributed by atoms with van der Waals surface area (Å²) in [5.74, 6) is 1.01. The third-order valence-electron chi connectivity index (χ3n) is 8.44. The monoisotopic (exact) mass is 642 g/mol. The van der Waals surface area contributed by atoms with Crippen molar-refractivity contribution in [2.45, 2.75) is 99.6 Å². The third kappa shape index (κ3) is 8.27. The number of thioether (sulfide) groups is 1. The van der Waals surface area contributed by atoms with Gasteiger partial charge in [0, 0.05) is 17.0 Å². The van der Waals surface area contributed by atoms with E-state index in [1.54, 1.807) is 30.0 Å². The third-order valence-corrected chi connectivity index (χ3v) is 10.8. The van der Waals surface area contributed by atoms with Crippen molar-refractivity contribution in [1.29, 1.82) is 0 Å². The number of aldehydes is 1. The summed E-state index contributed by atoms with van der Waals surface area (Å²) in [6.45, 7) is 24.6. The minimum Gasteiger partial charge on any atom is -0.332 e. The van der Waals surface area contributed by atoms with Gasteiger partial charge in [0.25, 0.3) is 0 Å². The van der Waals surface area contributed by atoms with Crippen LogP contribution in [0.4, 0.5) is 0 Å². The molecule has 0 amide bonds. The number of benzene rings is 1. The number of aryl methyl sites for hydroxylation is 1. The number of carbonyl (C=O) groups excluding carboxylic acids is 2. The van der Waals surface area contributed by atoms with Gasteiger partial charge in [0.05, 0.1) is 27.3 Å². The largest absolute Gasteiger partial charge is 0.332 e. The molecule has 240 valence electrons. The van der Waals surface area contributed by atoms with Crippen molar-refractivity contribution in [3.63, 3.8) is 0 Å². The Bertz CT molecular complexity index is 1650. The summed E-state index contributed by atoms with van der Waals surface area (Å²) < 4.78 is 3.41. The van der Waals surface area contributed by atoms with Crippen LogP contribution in [-0.2, 0) is 17.9 Å². The molecule has 1 aromatic carbocycles. The number of rotatable bonds is 14. The molecule has 6 heteroatoms. The molecular formula is C39H50N2O2S2. The summed E-state index contributed by atoms with van der Waals surface area (Å²) in [4.78, 5) is 28.2. The number of thiophene rings is 1. The molecule has 1 fully saturated rings. The molecule has 0 spiro atoms. The van der Waals surface area contributed by atoms with Crippen LogP contribution in [0.15, 0.2) is 58.4 Å². The Balaban J connectivity index is 1.93. The first-order valence-corrected chi connectivity index (χ1v) is 17.9. The SMILES string of the molecule is C=C(C)SC(C(=C)/C=C\c1cc(-c2c(C3CCCCC3)c3sc(C=O)c(CNCC(C)C)c3n2CC(C)=O)ccc1C)=C(C)C. The Labute approximate surface area is 278 Å². The molecule has 0 radical (unpaired) electrons. The lowest BCUT2D eigenvalue weighted by Gasteiger charge is -2.24. The zero-order valence-corrected chi connectivity index (χ0v) is 29.9. The van der Waals surface area contributed by atoms with E-state index in [-0.39, 0.29) is 12.3 Å². The lowest BCUT2D eigenvalue weighted by molar-refractivity contribution is -0.117. The van der Waals surface area contributed by atoms with Crippen molar-refractivity contribution in [2.24, 2.45) is 5.92 Å². The number of allylic oxidation sites excluding steroid dienone is 4. The normalized spacial score (nSPS) is 14.0. The number of hydrogen-bond acceptors (Lipinski definition) is 5. The number of fused-ring (bicyclic) bond motifs is 1. The minimum atomic E-state index is 0.107. The molecule has 1 saturated carbocycles. The van der Waals surface area contributed by atoms with E-state index in [0.29, 0.717) is 18.4 Å². The van der Waals surface area contributed by atoms with Crippen molar-refractivity contribution < 1.29 is 9.59 Å². The van der Waals surface area contributed by atoms with Gasteiger partial charge in [-0.05, 0) is 105 Å². The second-order valence-electron chi connectivity index (χ2n) is 13.2. The van der Waals surface area contributed by atoms with Crippen molar-refractivity contribution in [3.8, 4) is 11.3 Å². The standard InChI is InChI=1S/C39H50N2O2S2/c1-24(2)20-40-21-33-34(23-42)45-39-35(30-13-11-10-12-14-30)36(41(37(33)39)22-29(9)43)32-18-15-27(7)31(19-32)17-16-28(8)38(25(3)4)44-26(5)6/h15-19,23-24,30,40H,5,8,10-14,20-22H2,1-4,6-7,9H3/b17-16-. The first-order valence-electron chi connectivity index (χ1n) is 16.2. The number of nitrogens with one attached hydrogen (secondary N) is 1. The highest BCUT2D eigenvalue weighted by Gasteiger charge is 2.31. The predicted octanol–water partition coefficient (Wildman–Crippen LogP) is 11.0. The van der Waals surface area contributed by atoms with Crippen LogP contribution < -0.4 is 5.32 Å². The zero-order valence-electron chi connectivity index (χ0n) is 28.3. The molecule has 4 nitrogen and oxygen atoms in total. The van der Waals surface area contributed by atoms with Gasteiger partial charge in [-0.25, -0.2) is 0 Å². The van der Waals surface area contributed by atoms with Crippen LogP contribution in [0.25, 0.3) is 27.6 Å². The lowest BCUT2D eigenvalue weighted by Crippen LogP contribution is -2.20. The number of nitrogens with zero attached hydrogens (tertiary/aromatic N) is 1. The molecule has 0 bridgehead atoms. The maximum atomic E-state index is 12.9. The van der Waals surface area contributed by atoms with Crippen LogP contribution >= 0.6 is 23.1 Å². The van der Waals surface area contributed by atoms with Crippen LogP contribution in [0, 0.1) is 12.8 Å². The van der Waals surface area contributed by atoms with E-state index in [2.05, 4.69) is 88.0 Å². The van der Waals surface area contributed by atoms with Crippen LogP contribution in [-0.4, -0.2) is 23.2 Å². The number of hydrogen-bond donors (Lipinski definition) is 1. The second-order valence-corrected chi connectivity index (χ2v) is 15.6. The highest BCUT2D eigenvalue weighted by Crippen LogP contribution is 2.48. The van der Waals surface area contributed by atoms with Crippen molar-refractivity contribution in [1.82, 2.24) is 9.88 Å². The van der Waals surface area contributed by atoms with E-state index in [1.807, 2.05) is 6.92 Å². The molecule has 1 aliphatic rings. The van der Waals surface area contributed by atoms with Gasteiger partial charge in [0.15, 0.2) is 6.29 Å². The molecule has 3 aromatic rings. The Morgan fingerprint density at radius 1 is 1.13 bits per heavy atom. The number of carbonyl (C=O) groups is 2. The first kappa shape index (κ1) is 34.9. The summed E-state index contributed by atoms with van der Waals surface area (Å²) in [7, 11) is 0. The topological polar surface area (TPSA) is 51.1 Å². The molecule has 1 aliphatic carbocycles. The highest BCUT2D eigenvalue weighted by atomic mass is 32.2. The smallest absolute Gasteiger partial charge is 0.160 e. The van der Waals surface area contributed by atoms with E-state index in [0.717, 1.165) is 73.8 Å². The first-order chi connectivity index (χ1) is 21.4. The van der Waals surface area contributed by atoms with E-state index in [4.69, 9.17) is 0 Å². The van der Waals surface area contributed by atoms with Crippen molar-refractivity contribution in [3.05, 3.63) is 85.5 Å². The zero-order chi connectivity index (χ0) is 32.8. The average Bonchev–Trinajstić information content (AvgIpc) is 3.49. The summed E-state index contributed by atoms with van der Waals surface area (Å²) in [6, 6.07) is 6.67. The predicted molar refractivity (Wildman–Crippen MR) is 197 cm³/mol. The van der Waals surface area contributed by atoms with Crippen LogP contribution in [0.2, 0.25) is 0 Å². The fourth-order valence-corrected chi connectivity index (χ4v) is 8.43. The fourth-order valence-electron chi connectivity index (χ4n) is 6.42. The Morgan fingerprint density at radius 2 is 1.84 bits per heavy atom. The van der Waals surface area contributed by atoms with Crippen LogP contribution in [0.3, 0.4) is 0 Å². The van der Waals surface area contributed by atoms with Crippen molar-refractivity contribution in [2.75, 3.05) is 6.54 Å². The van der Waals surface area contributed by atoms with Gasteiger partial charge in [-0.3, -0.25) is 9.59 Å². The van der Waals surface area contributed by atoms with Gasteiger partial charge in [-0.15, -0.1) is 11.3 Å². The molecule has 0 aliphatic heterocycles. The minimum absolute atomic E-state index is 0.107. The van der Waals surface area contributed by atoms with E-state index in [9.17, 15) is 9.59 Å². The van der Waals surface area contributed by atoms with E-state index < -0.39 is 0 Å². The Kier molecular flexibility index (Phi) is 12.1. The molecule has 2 heterocycles. The molecule has 4 rings (SSSR count). The van der Waals surface area contributed by atoms with Gasteiger partial charge < -0.3 is 9.88 Å². The maximum Gasteiger partial charge on any atom is 0.160 e. The molecule has 0 unspecified atom stereocenters. The van der Waals surface area contributed by atoms with Gasteiger partial charge in [0.1, 0.15) is 5.78 Å². The summed E-state index contributed by atoms with van der Waals surface area (Å²) in [5.41, 5.74) is 10.1. The molecule has 2 aromatic heterocycles. The van der Waals surface area contributed by atoms with Gasteiger partial charge >= 0.3 is 0 Å². The Hall–Kier alpha value is -2.93. The van der Waals surface area contributed by atoms with Crippen LogP contribution in [0.5, 0.6) is 0 Å². The fraction of sp³-hybridized carbons (Fsp3) is 0.436. The molecule has 1 N–H and O–H groups in total. The van der Waals surface area contributed by atoms with Gasteiger partial charge in [-0.1, -0.05) is 87.9 Å². The Morgan fingerprint density at radius 3 is 2.44 bits per heavy atom.